The Morgan fingerprint density at radius 3 is 2.24 bits per heavy atom. The summed E-state index contributed by atoms with van der Waals surface area (Å²) in [6, 6.07) is 8.90. The first-order chi connectivity index (χ1) is 16.7. The fourth-order valence-electron chi connectivity index (χ4n) is 4.32. The van der Waals surface area contributed by atoms with E-state index in [-0.39, 0.29) is 12.1 Å². The minimum atomic E-state index is -0.372. The molecule has 0 atom stereocenters. The van der Waals surface area contributed by atoms with Crippen LogP contribution < -0.4 is 4.74 Å². The van der Waals surface area contributed by atoms with Crippen LogP contribution in [0, 0.1) is 11.7 Å². The first-order valence-electron chi connectivity index (χ1n) is 13.3. The molecule has 1 aromatic carbocycles. The van der Waals surface area contributed by atoms with Crippen molar-refractivity contribution in [2.24, 2.45) is 5.92 Å². The number of ether oxygens (including phenoxy) is 3. The molecule has 0 spiro atoms. The molecule has 0 radical (unpaired) electrons. The van der Waals surface area contributed by atoms with Gasteiger partial charge in [0.1, 0.15) is 0 Å². The van der Waals surface area contributed by atoms with E-state index in [0.717, 1.165) is 49.3 Å². The van der Waals surface area contributed by atoms with Crippen LogP contribution in [0.5, 0.6) is 5.75 Å². The Labute approximate surface area is 205 Å². The van der Waals surface area contributed by atoms with Gasteiger partial charge in [-0.05, 0) is 37.1 Å². The summed E-state index contributed by atoms with van der Waals surface area (Å²) in [4.78, 5) is 4.53. The number of aromatic nitrogens is 1. The molecular weight excluding hydrogens is 429 g/mol. The molecule has 2 aromatic rings. The fraction of sp³-hybridized carbons (Fsp3) is 0.621. The number of nitrogens with zero attached hydrogens (tertiary/aromatic N) is 1. The summed E-state index contributed by atoms with van der Waals surface area (Å²) in [5.74, 6) is 0.432. The summed E-state index contributed by atoms with van der Waals surface area (Å²) < 4.78 is 32.1. The fourth-order valence-corrected chi connectivity index (χ4v) is 4.32. The van der Waals surface area contributed by atoms with E-state index in [1.54, 1.807) is 12.3 Å². The molecule has 5 heteroatoms. The van der Waals surface area contributed by atoms with Crippen molar-refractivity contribution in [2.45, 2.75) is 90.8 Å². The third-order valence-electron chi connectivity index (χ3n) is 6.47. The molecule has 1 aromatic heterocycles. The normalized spacial score (nSPS) is 18.2. The highest BCUT2D eigenvalue weighted by Crippen LogP contribution is 2.29. The van der Waals surface area contributed by atoms with Crippen LogP contribution in [0.25, 0.3) is 11.3 Å². The van der Waals surface area contributed by atoms with Gasteiger partial charge >= 0.3 is 0 Å². The van der Waals surface area contributed by atoms with Gasteiger partial charge in [-0.2, -0.15) is 0 Å². The van der Waals surface area contributed by atoms with Gasteiger partial charge in [0.05, 0.1) is 25.5 Å². The molecule has 0 bridgehead atoms. The Kier molecular flexibility index (Phi) is 11.8. The molecule has 4 nitrogen and oxygen atoms in total. The summed E-state index contributed by atoms with van der Waals surface area (Å²) in [5, 5.41) is 0. The number of hydrogen-bond acceptors (Lipinski definition) is 4. The van der Waals surface area contributed by atoms with E-state index >= 15 is 0 Å². The van der Waals surface area contributed by atoms with Crippen LogP contribution in [0.4, 0.5) is 4.39 Å². The minimum Gasteiger partial charge on any atom is -0.491 e. The molecule has 0 aliphatic carbocycles. The number of unbranched alkanes of at least 4 members (excludes halogenated alkanes) is 8. The first-order valence-corrected chi connectivity index (χ1v) is 13.3. The lowest BCUT2D eigenvalue weighted by Crippen LogP contribution is -2.27. The lowest BCUT2D eigenvalue weighted by atomic mass is 10.0. The number of rotatable bonds is 15. The van der Waals surface area contributed by atoms with Crippen molar-refractivity contribution >= 4 is 0 Å². The molecule has 1 saturated heterocycles. The highest BCUT2D eigenvalue weighted by Gasteiger charge is 2.23. The van der Waals surface area contributed by atoms with Crippen molar-refractivity contribution in [3.05, 3.63) is 47.9 Å². The van der Waals surface area contributed by atoms with Crippen molar-refractivity contribution in [1.82, 2.24) is 4.98 Å². The molecule has 3 rings (SSSR count). The van der Waals surface area contributed by atoms with Crippen LogP contribution >= 0.6 is 0 Å². The van der Waals surface area contributed by atoms with Crippen LogP contribution in [0.3, 0.4) is 0 Å². The summed E-state index contributed by atoms with van der Waals surface area (Å²) in [7, 11) is 0. The van der Waals surface area contributed by atoms with Gasteiger partial charge in [-0.15, -0.1) is 0 Å². The van der Waals surface area contributed by atoms with E-state index in [1.807, 2.05) is 18.2 Å². The average Bonchev–Trinajstić information content (AvgIpc) is 2.87. The van der Waals surface area contributed by atoms with Gasteiger partial charge in [0.25, 0.3) is 0 Å². The van der Waals surface area contributed by atoms with Crippen LogP contribution in [0.2, 0.25) is 0 Å². The third kappa shape index (κ3) is 8.66. The van der Waals surface area contributed by atoms with Crippen molar-refractivity contribution in [1.29, 1.82) is 0 Å². The molecule has 0 unspecified atom stereocenters. The summed E-state index contributed by atoms with van der Waals surface area (Å²) in [5.41, 5.74) is 2.34. The van der Waals surface area contributed by atoms with Gasteiger partial charge in [-0.25, -0.2) is 4.39 Å². The second kappa shape index (κ2) is 15.1. The average molecular weight is 472 g/mol. The van der Waals surface area contributed by atoms with E-state index in [1.165, 1.54) is 57.4 Å². The minimum absolute atomic E-state index is 0.305. The van der Waals surface area contributed by atoms with Gasteiger partial charge in [0, 0.05) is 23.2 Å². The van der Waals surface area contributed by atoms with E-state index in [2.05, 4.69) is 18.8 Å². The second-order valence-electron chi connectivity index (χ2n) is 9.45. The largest absolute Gasteiger partial charge is 0.491 e. The molecule has 0 amide bonds. The zero-order valence-electron chi connectivity index (χ0n) is 21.1. The molecule has 34 heavy (non-hydrogen) atoms. The van der Waals surface area contributed by atoms with E-state index < -0.39 is 0 Å². The topological polar surface area (TPSA) is 40.6 Å². The van der Waals surface area contributed by atoms with Crippen LogP contribution in [0.1, 0.15) is 96.3 Å². The zero-order valence-corrected chi connectivity index (χ0v) is 21.1. The van der Waals surface area contributed by atoms with Gasteiger partial charge in [0.2, 0.25) is 0 Å². The van der Waals surface area contributed by atoms with Crippen LogP contribution in [-0.4, -0.2) is 24.8 Å². The van der Waals surface area contributed by atoms with E-state index in [4.69, 9.17) is 14.2 Å². The molecule has 1 aliphatic heterocycles. The van der Waals surface area contributed by atoms with Gasteiger partial charge < -0.3 is 14.2 Å². The maximum atomic E-state index is 14.5. The van der Waals surface area contributed by atoms with Gasteiger partial charge in [-0.1, -0.05) is 77.7 Å². The van der Waals surface area contributed by atoms with Crippen LogP contribution in [0.15, 0.2) is 36.5 Å². The van der Waals surface area contributed by atoms with Crippen molar-refractivity contribution in [2.75, 3.05) is 19.8 Å². The Morgan fingerprint density at radius 1 is 0.882 bits per heavy atom. The Hall–Kier alpha value is -1.98. The Bertz CT molecular complexity index is 819. The quantitative estimate of drug-likeness (QED) is 0.245. The van der Waals surface area contributed by atoms with Gasteiger partial charge in [0.15, 0.2) is 17.9 Å². The molecule has 0 saturated carbocycles. The predicted octanol–water partition coefficient (Wildman–Crippen LogP) is 8.26. The van der Waals surface area contributed by atoms with E-state index in [9.17, 15) is 4.39 Å². The Balaban J connectivity index is 1.44. The maximum Gasteiger partial charge on any atom is 0.185 e. The molecule has 2 heterocycles. The molecule has 1 fully saturated rings. The number of pyridine rings is 1. The third-order valence-corrected chi connectivity index (χ3v) is 6.47. The SMILES string of the molecule is CCCCCCCOc1ccc(-c2ccc(C3OCC(CCCCCCC)CO3)cn2)cc1F. The lowest BCUT2D eigenvalue weighted by Gasteiger charge is -2.29. The summed E-state index contributed by atoms with van der Waals surface area (Å²) in [6.07, 6.45) is 14.8. The van der Waals surface area contributed by atoms with Crippen molar-refractivity contribution < 1.29 is 18.6 Å². The number of hydrogen-bond donors (Lipinski definition) is 0. The smallest absolute Gasteiger partial charge is 0.185 e. The van der Waals surface area contributed by atoms with Gasteiger partial charge in [-0.3, -0.25) is 4.98 Å². The molecule has 1 aliphatic rings. The van der Waals surface area contributed by atoms with Crippen molar-refractivity contribution in [3.63, 3.8) is 0 Å². The molecule has 0 N–H and O–H groups in total. The molecule has 188 valence electrons. The van der Waals surface area contributed by atoms with Crippen molar-refractivity contribution in [3.8, 4) is 17.0 Å². The highest BCUT2D eigenvalue weighted by atomic mass is 19.1. The Morgan fingerprint density at radius 2 is 1.59 bits per heavy atom. The maximum absolute atomic E-state index is 14.5. The number of halogens is 1. The predicted molar refractivity (Wildman–Crippen MR) is 135 cm³/mol. The summed E-state index contributed by atoms with van der Waals surface area (Å²) in [6.45, 7) is 6.44. The van der Waals surface area contributed by atoms with E-state index in [0.29, 0.717) is 18.3 Å². The molecular formula is C29H42FNO3. The standard InChI is InChI=1S/C29H42FNO3/c1-3-5-7-9-11-13-23-21-33-29(34-22-23)25-14-16-27(31-20-25)24-15-17-28(26(30)19-24)32-18-12-10-8-6-4-2/h14-17,19-20,23,29H,3-13,18,21-22H2,1-2H3. The summed E-state index contributed by atoms with van der Waals surface area (Å²) >= 11 is 0. The lowest BCUT2D eigenvalue weighted by molar-refractivity contribution is -0.206. The second-order valence-corrected chi connectivity index (χ2v) is 9.45. The number of benzene rings is 1. The monoisotopic (exact) mass is 471 g/mol. The highest BCUT2D eigenvalue weighted by molar-refractivity contribution is 5.60. The first kappa shape index (κ1) is 26.6. The zero-order chi connectivity index (χ0) is 24.0. The van der Waals surface area contributed by atoms with Crippen LogP contribution in [-0.2, 0) is 9.47 Å².